The van der Waals surface area contributed by atoms with Gasteiger partial charge < -0.3 is 4.74 Å². The number of hydrogen-bond acceptors (Lipinski definition) is 5. The minimum Gasteiger partial charge on any atom is -0.483 e. The van der Waals surface area contributed by atoms with Gasteiger partial charge in [0.25, 0.3) is 5.91 Å². The van der Waals surface area contributed by atoms with E-state index in [1.54, 1.807) is 5.38 Å². The molecule has 1 aromatic heterocycles. The van der Waals surface area contributed by atoms with Gasteiger partial charge >= 0.3 is 0 Å². The number of aromatic nitrogens is 1. The number of carbonyl (C=O) groups excluding carboxylic acids is 2. The summed E-state index contributed by atoms with van der Waals surface area (Å²) in [7, 11) is 0. The molecule has 0 aliphatic rings. The standard InChI is InChI=1S/C15H16N2O3S/c1-9-5-4-6-13(10(9)2)20-7-14(19)17-15-16-12(8-21-15)11(3)18/h4-6,8H,7H2,1-3H3,(H,16,17,19). The molecule has 0 aliphatic heterocycles. The number of ketones is 1. The van der Waals surface area contributed by atoms with Gasteiger partial charge in [0.2, 0.25) is 0 Å². The van der Waals surface area contributed by atoms with E-state index in [1.807, 2.05) is 32.0 Å². The van der Waals surface area contributed by atoms with E-state index in [4.69, 9.17) is 4.74 Å². The number of ether oxygens (including phenoxy) is 1. The SMILES string of the molecule is CC(=O)c1csc(NC(=O)COc2cccc(C)c2C)n1. The average Bonchev–Trinajstić information content (AvgIpc) is 2.89. The lowest BCUT2D eigenvalue weighted by Gasteiger charge is -2.10. The monoisotopic (exact) mass is 304 g/mol. The van der Waals surface area contributed by atoms with Crippen molar-refractivity contribution in [2.45, 2.75) is 20.8 Å². The molecule has 0 radical (unpaired) electrons. The Labute approximate surface area is 127 Å². The van der Waals surface area contributed by atoms with E-state index in [-0.39, 0.29) is 18.3 Å². The van der Waals surface area contributed by atoms with E-state index in [9.17, 15) is 9.59 Å². The third-order valence-corrected chi connectivity index (χ3v) is 3.78. The topological polar surface area (TPSA) is 68.3 Å². The van der Waals surface area contributed by atoms with Crippen molar-refractivity contribution in [3.63, 3.8) is 0 Å². The summed E-state index contributed by atoms with van der Waals surface area (Å²) in [5, 5.41) is 4.63. The van der Waals surface area contributed by atoms with E-state index in [0.29, 0.717) is 16.6 Å². The van der Waals surface area contributed by atoms with E-state index in [1.165, 1.54) is 18.3 Å². The van der Waals surface area contributed by atoms with Crippen LogP contribution in [0.5, 0.6) is 5.75 Å². The Morgan fingerprint density at radius 2 is 2.10 bits per heavy atom. The molecule has 0 saturated carbocycles. The van der Waals surface area contributed by atoms with Crippen molar-refractivity contribution >= 4 is 28.2 Å². The number of nitrogens with zero attached hydrogens (tertiary/aromatic N) is 1. The third-order valence-electron chi connectivity index (χ3n) is 3.02. The first kappa shape index (κ1) is 15.2. The fourth-order valence-corrected chi connectivity index (χ4v) is 2.44. The zero-order chi connectivity index (χ0) is 15.4. The van der Waals surface area contributed by atoms with E-state index >= 15 is 0 Å². The number of aryl methyl sites for hydroxylation is 1. The molecule has 0 atom stereocenters. The van der Waals surface area contributed by atoms with Crippen LogP contribution in [-0.2, 0) is 4.79 Å². The van der Waals surface area contributed by atoms with Gasteiger partial charge in [0.05, 0.1) is 0 Å². The number of anilines is 1. The zero-order valence-electron chi connectivity index (χ0n) is 12.1. The number of nitrogens with one attached hydrogen (secondary N) is 1. The van der Waals surface area contributed by atoms with Gasteiger partial charge in [-0.2, -0.15) is 0 Å². The maximum atomic E-state index is 11.8. The molecule has 2 aromatic rings. The largest absolute Gasteiger partial charge is 0.483 e. The lowest BCUT2D eigenvalue weighted by molar-refractivity contribution is -0.118. The molecule has 1 amide bonds. The lowest BCUT2D eigenvalue weighted by Crippen LogP contribution is -2.20. The zero-order valence-corrected chi connectivity index (χ0v) is 12.9. The van der Waals surface area contributed by atoms with Gasteiger partial charge in [0, 0.05) is 12.3 Å². The molecule has 1 heterocycles. The first-order valence-corrected chi connectivity index (χ1v) is 7.30. The summed E-state index contributed by atoms with van der Waals surface area (Å²) in [6.07, 6.45) is 0. The highest BCUT2D eigenvalue weighted by atomic mass is 32.1. The Hall–Kier alpha value is -2.21. The minimum absolute atomic E-state index is 0.0979. The van der Waals surface area contributed by atoms with E-state index in [0.717, 1.165) is 11.1 Å². The molecule has 21 heavy (non-hydrogen) atoms. The van der Waals surface area contributed by atoms with Gasteiger partial charge in [-0.15, -0.1) is 11.3 Å². The number of benzene rings is 1. The van der Waals surface area contributed by atoms with Crippen LogP contribution in [0.1, 0.15) is 28.5 Å². The summed E-state index contributed by atoms with van der Waals surface area (Å²) in [5.41, 5.74) is 2.48. The second kappa shape index (κ2) is 6.49. The van der Waals surface area contributed by atoms with Crippen molar-refractivity contribution in [2.75, 3.05) is 11.9 Å². The van der Waals surface area contributed by atoms with Crippen LogP contribution in [0.3, 0.4) is 0 Å². The molecule has 0 unspecified atom stereocenters. The maximum absolute atomic E-state index is 11.8. The minimum atomic E-state index is -0.305. The third kappa shape index (κ3) is 3.88. The molecular weight excluding hydrogens is 288 g/mol. The van der Waals surface area contributed by atoms with Crippen LogP contribution in [-0.4, -0.2) is 23.3 Å². The summed E-state index contributed by atoms with van der Waals surface area (Å²) in [5.74, 6) is 0.257. The predicted octanol–water partition coefficient (Wildman–Crippen LogP) is 2.98. The number of carbonyl (C=O) groups is 2. The highest BCUT2D eigenvalue weighted by molar-refractivity contribution is 7.14. The Balaban J connectivity index is 1.92. The average molecular weight is 304 g/mol. The summed E-state index contributed by atoms with van der Waals surface area (Å²) in [6, 6.07) is 5.70. The van der Waals surface area contributed by atoms with Crippen LogP contribution in [0.25, 0.3) is 0 Å². The van der Waals surface area contributed by atoms with Crippen molar-refractivity contribution in [1.82, 2.24) is 4.98 Å². The first-order valence-electron chi connectivity index (χ1n) is 6.42. The lowest BCUT2D eigenvalue weighted by atomic mass is 10.1. The van der Waals surface area contributed by atoms with Gasteiger partial charge in [-0.25, -0.2) is 4.98 Å². The van der Waals surface area contributed by atoms with Gasteiger partial charge in [-0.05, 0) is 31.0 Å². The summed E-state index contributed by atoms with van der Waals surface area (Å²) in [4.78, 5) is 27.0. The number of Topliss-reactive ketones (excluding diaryl/α,β-unsaturated/α-hetero) is 1. The van der Waals surface area contributed by atoms with Crippen LogP contribution >= 0.6 is 11.3 Å². The fraction of sp³-hybridized carbons (Fsp3) is 0.267. The van der Waals surface area contributed by atoms with Crippen LogP contribution in [0, 0.1) is 13.8 Å². The Morgan fingerprint density at radius 3 is 2.76 bits per heavy atom. The van der Waals surface area contributed by atoms with Crippen molar-refractivity contribution in [3.8, 4) is 5.75 Å². The van der Waals surface area contributed by atoms with Crippen LogP contribution in [0.4, 0.5) is 5.13 Å². The van der Waals surface area contributed by atoms with Gasteiger partial charge in [0.15, 0.2) is 17.5 Å². The van der Waals surface area contributed by atoms with E-state index in [2.05, 4.69) is 10.3 Å². The normalized spacial score (nSPS) is 10.2. The molecule has 0 fully saturated rings. The predicted molar refractivity (Wildman–Crippen MR) is 82.2 cm³/mol. The van der Waals surface area contributed by atoms with Gasteiger partial charge in [-0.3, -0.25) is 14.9 Å². The molecule has 0 bridgehead atoms. The van der Waals surface area contributed by atoms with Crippen molar-refractivity contribution in [2.24, 2.45) is 0 Å². The molecule has 2 rings (SSSR count). The second-order valence-electron chi connectivity index (χ2n) is 4.63. The maximum Gasteiger partial charge on any atom is 0.264 e. The van der Waals surface area contributed by atoms with Crippen molar-refractivity contribution in [3.05, 3.63) is 40.4 Å². The number of amides is 1. The molecule has 0 spiro atoms. The molecule has 0 aliphatic carbocycles. The van der Waals surface area contributed by atoms with E-state index < -0.39 is 0 Å². The molecule has 0 saturated heterocycles. The molecule has 1 N–H and O–H groups in total. The highest BCUT2D eigenvalue weighted by Crippen LogP contribution is 2.20. The number of hydrogen-bond donors (Lipinski definition) is 1. The van der Waals surface area contributed by atoms with Crippen molar-refractivity contribution in [1.29, 1.82) is 0 Å². The smallest absolute Gasteiger partial charge is 0.264 e. The molecule has 5 nitrogen and oxygen atoms in total. The summed E-state index contributed by atoms with van der Waals surface area (Å²) >= 11 is 1.21. The van der Waals surface area contributed by atoms with Gasteiger partial charge in [-0.1, -0.05) is 12.1 Å². The Kier molecular flexibility index (Phi) is 4.70. The molecule has 1 aromatic carbocycles. The molecular formula is C15H16N2O3S. The van der Waals surface area contributed by atoms with Gasteiger partial charge in [0.1, 0.15) is 11.4 Å². The molecule has 6 heteroatoms. The first-order chi connectivity index (χ1) is 9.97. The Bertz CT molecular complexity index is 679. The van der Waals surface area contributed by atoms with Crippen LogP contribution < -0.4 is 10.1 Å². The highest BCUT2D eigenvalue weighted by Gasteiger charge is 2.10. The summed E-state index contributed by atoms with van der Waals surface area (Å²) < 4.78 is 5.50. The summed E-state index contributed by atoms with van der Waals surface area (Å²) in [6.45, 7) is 5.27. The van der Waals surface area contributed by atoms with Crippen LogP contribution in [0.2, 0.25) is 0 Å². The fourth-order valence-electron chi connectivity index (χ4n) is 1.67. The second-order valence-corrected chi connectivity index (χ2v) is 5.49. The Morgan fingerprint density at radius 1 is 1.33 bits per heavy atom. The number of thiazole rings is 1. The quantitative estimate of drug-likeness (QED) is 0.862. The molecule has 110 valence electrons. The van der Waals surface area contributed by atoms with Crippen LogP contribution in [0.15, 0.2) is 23.6 Å². The van der Waals surface area contributed by atoms with Crippen molar-refractivity contribution < 1.29 is 14.3 Å². The number of rotatable bonds is 5.